The van der Waals surface area contributed by atoms with Crippen LogP contribution < -0.4 is 5.32 Å². The van der Waals surface area contributed by atoms with Gasteiger partial charge in [-0.15, -0.1) is 0 Å². The average molecular weight is 297 g/mol. The summed E-state index contributed by atoms with van der Waals surface area (Å²) < 4.78 is 6.69. The highest BCUT2D eigenvalue weighted by Gasteiger charge is 2.29. The van der Waals surface area contributed by atoms with E-state index in [1.807, 2.05) is 13.8 Å². The second-order valence-corrected chi connectivity index (χ2v) is 6.24. The van der Waals surface area contributed by atoms with E-state index in [0.29, 0.717) is 5.69 Å². The highest BCUT2D eigenvalue weighted by Crippen LogP contribution is 2.25. The Balaban J connectivity index is 3.06. The maximum atomic E-state index is 12.0. The number of hydrogen-bond acceptors (Lipinski definition) is 4. The zero-order chi connectivity index (χ0) is 16.4. The molecule has 118 valence electrons. The number of nitrogens with one attached hydrogen (secondary N) is 1. The predicted octanol–water partition coefficient (Wildman–Crippen LogP) is 2.34. The molecule has 0 aromatic carbocycles. The van der Waals surface area contributed by atoms with Crippen LogP contribution in [-0.4, -0.2) is 32.6 Å². The predicted molar refractivity (Wildman–Crippen MR) is 77.1 cm³/mol. The summed E-state index contributed by atoms with van der Waals surface area (Å²) in [6, 6.07) is -0.501. The Hall–Kier alpha value is -2.05. The molecule has 0 aliphatic carbocycles. The number of aromatic nitrogens is 2. The second-order valence-electron chi connectivity index (χ2n) is 6.24. The van der Waals surface area contributed by atoms with Crippen molar-refractivity contribution in [1.82, 2.24) is 15.1 Å². The van der Waals surface area contributed by atoms with Crippen LogP contribution in [0.25, 0.3) is 0 Å². The van der Waals surface area contributed by atoms with Crippen molar-refractivity contribution in [2.45, 2.75) is 46.3 Å². The molecule has 0 radical (unpaired) electrons. The van der Waals surface area contributed by atoms with Gasteiger partial charge in [-0.25, -0.2) is 9.59 Å². The number of carboxylic acids is 1. The largest absolute Gasteiger partial charge is 0.478 e. The molecule has 7 nitrogen and oxygen atoms in total. The van der Waals surface area contributed by atoms with Crippen LogP contribution in [0.15, 0.2) is 6.20 Å². The van der Waals surface area contributed by atoms with Gasteiger partial charge in [0, 0.05) is 7.05 Å². The Morgan fingerprint density at radius 3 is 2.38 bits per heavy atom. The molecule has 0 spiro atoms. The summed E-state index contributed by atoms with van der Waals surface area (Å²) in [5, 5.41) is 15.9. The summed E-state index contributed by atoms with van der Waals surface area (Å²) in [5.41, 5.74) is -0.0936. The van der Waals surface area contributed by atoms with Gasteiger partial charge in [0.05, 0.1) is 17.9 Å². The molecule has 1 unspecified atom stereocenters. The fraction of sp³-hybridized carbons (Fsp3) is 0.643. The molecule has 0 aliphatic rings. The van der Waals surface area contributed by atoms with Crippen LogP contribution in [0, 0.1) is 5.92 Å². The molecule has 2 N–H and O–H groups in total. The van der Waals surface area contributed by atoms with E-state index < -0.39 is 23.7 Å². The van der Waals surface area contributed by atoms with Gasteiger partial charge in [0.15, 0.2) is 0 Å². The molecule has 1 amide bonds. The maximum Gasteiger partial charge on any atom is 0.408 e. The Morgan fingerprint density at radius 2 is 1.95 bits per heavy atom. The highest BCUT2D eigenvalue weighted by molar-refractivity contribution is 5.89. The standard InChI is InChI=1S/C14H23N3O4/c1-8(2)10(16-13(20)21-14(3,4)5)11-9(12(18)19)7-15-17(11)6/h7-8,10H,1-6H3,(H,16,20)(H,18,19). The van der Waals surface area contributed by atoms with E-state index in [0.717, 1.165) is 0 Å². The Labute approximate surface area is 124 Å². The molecule has 1 aromatic heterocycles. The normalized spacial score (nSPS) is 13.1. The minimum Gasteiger partial charge on any atom is -0.478 e. The molecule has 1 atom stereocenters. The quantitative estimate of drug-likeness (QED) is 0.889. The number of carbonyl (C=O) groups is 2. The number of aromatic carboxylic acids is 1. The molecule has 0 bridgehead atoms. The monoisotopic (exact) mass is 297 g/mol. The number of rotatable bonds is 4. The zero-order valence-electron chi connectivity index (χ0n) is 13.3. The summed E-state index contributed by atoms with van der Waals surface area (Å²) in [5.74, 6) is -1.10. The van der Waals surface area contributed by atoms with Crippen molar-refractivity contribution in [2.75, 3.05) is 0 Å². The number of carbonyl (C=O) groups excluding carboxylic acids is 1. The molecule has 0 saturated heterocycles. The van der Waals surface area contributed by atoms with Gasteiger partial charge in [-0.1, -0.05) is 13.8 Å². The maximum absolute atomic E-state index is 12.0. The van der Waals surface area contributed by atoms with Crippen molar-refractivity contribution in [2.24, 2.45) is 13.0 Å². The third kappa shape index (κ3) is 4.47. The van der Waals surface area contributed by atoms with E-state index in [2.05, 4.69) is 10.4 Å². The van der Waals surface area contributed by atoms with E-state index in [1.165, 1.54) is 10.9 Å². The van der Waals surface area contributed by atoms with E-state index in [4.69, 9.17) is 4.74 Å². The first-order chi connectivity index (χ1) is 9.53. The first-order valence-corrected chi connectivity index (χ1v) is 6.77. The molecule has 21 heavy (non-hydrogen) atoms. The molecule has 0 aliphatic heterocycles. The average Bonchev–Trinajstić information content (AvgIpc) is 2.65. The number of alkyl carbamates (subject to hydrolysis) is 1. The summed E-state index contributed by atoms with van der Waals surface area (Å²) in [4.78, 5) is 23.2. The van der Waals surface area contributed by atoms with Gasteiger partial charge in [-0.2, -0.15) is 5.10 Å². The minimum absolute atomic E-state index is 0.0222. The number of carboxylic acid groups (broad SMARTS) is 1. The van der Waals surface area contributed by atoms with Gasteiger partial charge < -0.3 is 15.2 Å². The fourth-order valence-corrected chi connectivity index (χ4v) is 1.97. The van der Waals surface area contributed by atoms with Crippen LogP contribution in [-0.2, 0) is 11.8 Å². The van der Waals surface area contributed by atoms with Gasteiger partial charge >= 0.3 is 12.1 Å². The van der Waals surface area contributed by atoms with Gasteiger partial charge in [-0.05, 0) is 26.7 Å². The molecular formula is C14H23N3O4. The van der Waals surface area contributed by atoms with Crippen LogP contribution in [0.5, 0.6) is 0 Å². The Morgan fingerprint density at radius 1 is 1.38 bits per heavy atom. The summed E-state index contributed by atoms with van der Waals surface area (Å²) in [6.07, 6.45) is 0.697. The van der Waals surface area contributed by atoms with Gasteiger partial charge in [0.2, 0.25) is 0 Å². The van der Waals surface area contributed by atoms with Crippen LogP contribution in [0.2, 0.25) is 0 Å². The highest BCUT2D eigenvalue weighted by atomic mass is 16.6. The van der Waals surface area contributed by atoms with Crippen LogP contribution >= 0.6 is 0 Å². The topological polar surface area (TPSA) is 93.4 Å². The zero-order valence-corrected chi connectivity index (χ0v) is 13.3. The smallest absolute Gasteiger partial charge is 0.408 e. The lowest BCUT2D eigenvalue weighted by Gasteiger charge is -2.26. The lowest BCUT2D eigenvalue weighted by atomic mass is 9.98. The van der Waals surface area contributed by atoms with Crippen molar-refractivity contribution in [3.8, 4) is 0 Å². The Bertz CT molecular complexity index is 529. The number of hydrogen-bond donors (Lipinski definition) is 2. The van der Waals surface area contributed by atoms with E-state index >= 15 is 0 Å². The van der Waals surface area contributed by atoms with Crippen molar-refractivity contribution in [1.29, 1.82) is 0 Å². The first kappa shape index (κ1) is 17.0. The summed E-state index contributed by atoms with van der Waals surface area (Å²) in [6.45, 7) is 9.08. The van der Waals surface area contributed by atoms with Crippen LogP contribution in [0.3, 0.4) is 0 Å². The van der Waals surface area contributed by atoms with Crippen molar-refractivity contribution < 1.29 is 19.4 Å². The molecule has 1 rings (SSSR count). The minimum atomic E-state index is -1.07. The lowest BCUT2D eigenvalue weighted by molar-refractivity contribution is 0.0483. The molecule has 0 fully saturated rings. The van der Waals surface area contributed by atoms with Crippen molar-refractivity contribution >= 4 is 12.1 Å². The van der Waals surface area contributed by atoms with Crippen molar-refractivity contribution in [3.05, 3.63) is 17.5 Å². The number of amides is 1. The van der Waals surface area contributed by atoms with E-state index in [9.17, 15) is 14.7 Å². The molecule has 7 heteroatoms. The van der Waals surface area contributed by atoms with Crippen LogP contribution in [0.1, 0.15) is 56.7 Å². The first-order valence-electron chi connectivity index (χ1n) is 6.77. The molecule has 1 aromatic rings. The van der Waals surface area contributed by atoms with Crippen LogP contribution in [0.4, 0.5) is 4.79 Å². The Kier molecular flexibility index (Phi) is 4.98. The summed E-state index contributed by atoms with van der Waals surface area (Å²) >= 11 is 0. The van der Waals surface area contributed by atoms with E-state index in [1.54, 1.807) is 27.8 Å². The van der Waals surface area contributed by atoms with E-state index in [-0.39, 0.29) is 11.5 Å². The molecular weight excluding hydrogens is 274 g/mol. The SMILES string of the molecule is CC(C)C(NC(=O)OC(C)(C)C)c1c(C(=O)O)cnn1C. The third-order valence-corrected chi connectivity index (χ3v) is 2.85. The third-order valence-electron chi connectivity index (χ3n) is 2.85. The van der Waals surface area contributed by atoms with Crippen molar-refractivity contribution in [3.63, 3.8) is 0 Å². The number of nitrogens with zero attached hydrogens (tertiary/aromatic N) is 2. The lowest BCUT2D eigenvalue weighted by Crippen LogP contribution is -2.38. The molecule has 1 heterocycles. The number of aryl methyl sites for hydroxylation is 1. The van der Waals surface area contributed by atoms with Gasteiger partial charge in [0.25, 0.3) is 0 Å². The van der Waals surface area contributed by atoms with Gasteiger partial charge in [-0.3, -0.25) is 4.68 Å². The molecule has 0 saturated carbocycles. The number of ether oxygens (including phenoxy) is 1. The van der Waals surface area contributed by atoms with Gasteiger partial charge in [0.1, 0.15) is 11.2 Å². The fourth-order valence-electron chi connectivity index (χ4n) is 1.97. The summed E-state index contributed by atoms with van der Waals surface area (Å²) in [7, 11) is 1.65. The second kappa shape index (κ2) is 6.15.